The normalized spacial score (nSPS) is 10.7. The molecular formula is C22H24ClN3O3S. The molecule has 8 heteroatoms. The van der Waals surface area contributed by atoms with E-state index in [1.54, 1.807) is 24.3 Å². The zero-order valence-electron chi connectivity index (χ0n) is 17.0. The molecule has 0 fully saturated rings. The molecule has 0 saturated heterocycles. The SMILES string of the molecule is Cc1ccc(C(C)C)c(OCC(=O)NNC(=S)NC(=O)/C=C/c2ccccc2Cl)c1. The van der Waals surface area contributed by atoms with Gasteiger partial charge in [0.15, 0.2) is 11.7 Å². The van der Waals surface area contributed by atoms with Crippen LogP contribution in [0.5, 0.6) is 5.75 Å². The Kier molecular flexibility index (Phi) is 8.83. The maximum absolute atomic E-state index is 12.0. The first-order valence-electron chi connectivity index (χ1n) is 9.32. The van der Waals surface area contributed by atoms with E-state index in [4.69, 9.17) is 28.6 Å². The smallest absolute Gasteiger partial charge is 0.276 e. The summed E-state index contributed by atoms with van der Waals surface area (Å²) in [6.45, 7) is 5.87. The lowest BCUT2D eigenvalue weighted by Gasteiger charge is -2.15. The van der Waals surface area contributed by atoms with Crippen molar-refractivity contribution in [2.24, 2.45) is 0 Å². The van der Waals surface area contributed by atoms with Crippen LogP contribution in [-0.2, 0) is 9.59 Å². The Morgan fingerprint density at radius 3 is 2.60 bits per heavy atom. The molecule has 3 N–H and O–H groups in total. The highest BCUT2D eigenvalue weighted by Crippen LogP contribution is 2.27. The topological polar surface area (TPSA) is 79.5 Å². The Morgan fingerprint density at radius 2 is 1.90 bits per heavy atom. The zero-order valence-corrected chi connectivity index (χ0v) is 18.6. The third-order valence-corrected chi connectivity index (χ3v) is 4.57. The van der Waals surface area contributed by atoms with Gasteiger partial charge in [0, 0.05) is 11.1 Å². The summed E-state index contributed by atoms with van der Waals surface area (Å²) < 4.78 is 5.65. The third kappa shape index (κ3) is 7.50. The fraction of sp³-hybridized carbons (Fsp3) is 0.227. The predicted octanol–water partition coefficient (Wildman–Crippen LogP) is 3.89. The number of amides is 2. The van der Waals surface area contributed by atoms with Crippen molar-refractivity contribution >= 4 is 46.8 Å². The number of carbonyl (C=O) groups is 2. The molecule has 0 radical (unpaired) electrons. The van der Waals surface area contributed by atoms with E-state index in [2.05, 4.69) is 30.0 Å². The third-order valence-electron chi connectivity index (χ3n) is 4.02. The van der Waals surface area contributed by atoms with Gasteiger partial charge in [0.2, 0.25) is 5.91 Å². The number of nitrogens with one attached hydrogen (secondary N) is 3. The molecule has 0 aromatic heterocycles. The van der Waals surface area contributed by atoms with Gasteiger partial charge in [-0.3, -0.25) is 25.8 Å². The standard InChI is InChI=1S/C22H24ClN3O3S/c1-14(2)17-10-8-15(3)12-19(17)29-13-21(28)25-26-22(30)24-20(27)11-9-16-6-4-5-7-18(16)23/h4-12,14H,13H2,1-3H3,(H,25,28)(H2,24,26,27,30)/b11-9+. The van der Waals surface area contributed by atoms with Gasteiger partial charge in [-0.1, -0.05) is 55.8 Å². The molecular weight excluding hydrogens is 422 g/mol. The Morgan fingerprint density at radius 1 is 1.17 bits per heavy atom. The number of benzene rings is 2. The van der Waals surface area contributed by atoms with Crippen molar-refractivity contribution in [2.45, 2.75) is 26.7 Å². The van der Waals surface area contributed by atoms with Crippen molar-refractivity contribution in [3.8, 4) is 5.75 Å². The molecule has 0 spiro atoms. The van der Waals surface area contributed by atoms with Crippen LogP contribution in [0.1, 0.15) is 36.5 Å². The number of ether oxygens (including phenoxy) is 1. The van der Waals surface area contributed by atoms with Gasteiger partial charge < -0.3 is 4.74 Å². The lowest BCUT2D eigenvalue weighted by molar-refractivity contribution is -0.123. The van der Waals surface area contributed by atoms with Gasteiger partial charge in [0.25, 0.3) is 5.91 Å². The second kappa shape index (κ2) is 11.3. The van der Waals surface area contributed by atoms with Crippen molar-refractivity contribution in [3.05, 3.63) is 70.3 Å². The summed E-state index contributed by atoms with van der Waals surface area (Å²) in [5.74, 6) is 0.0396. The molecule has 0 unspecified atom stereocenters. The van der Waals surface area contributed by atoms with Crippen LogP contribution in [0, 0.1) is 6.92 Å². The molecule has 6 nitrogen and oxygen atoms in total. The first kappa shape index (κ1) is 23.4. The van der Waals surface area contributed by atoms with Gasteiger partial charge in [-0.05, 0) is 60.0 Å². The van der Waals surface area contributed by atoms with Gasteiger partial charge in [-0.25, -0.2) is 0 Å². The average Bonchev–Trinajstić information content (AvgIpc) is 2.70. The van der Waals surface area contributed by atoms with Crippen molar-refractivity contribution in [2.75, 3.05) is 6.61 Å². The summed E-state index contributed by atoms with van der Waals surface area (Å²) in [6, 6.07) is 13.0. The molecule has 2 rings (SSSR count). The van der Waals surface area contributed by atoms with Gasteiger partial charge in [-0.15, -0.1) is 0 Å². The van der Waals surface area contributed by atoms with E-state index in [1.807, 2.05) is 31.2 Å². The fourth-order valence-corrected chi connectivity index (χ4v) is 2.86. The number of thiocarbonyl (C=S) groups is 1. The Bertz CT molecular complexity index is 960. The minimum absolute atomic E-state index is 0.0458. The Hall–Kier alpha value is -2.90. The summed E-state index contributed by atoms with van der Waals surface area (Å²) in [5.41, 5.74) is 7.63. The quantitative estimate of drug-likeness (QED) is 0.357. The van der Waals surface area contributed by atoms with Crippen LogP contribution >= 0.6 is 23.8 Å². The predicted molar refractivity (Wildman–Crippen MR) is 123 cm³/mol. The van der Waals surface area contributed by atoms with Crippen molar-refractivity contribution in [1.29, 1.82) is 0 Å². The molecule has 0 atom stereocenters. The maximum atomic E-state index is 12.0. The fourth-order valence-electron chi connectivity index (χ4n) is 2.51. The average molecular weight is 446 g/mol. The summed E-state index contributed by atoms with van der Waals surface area (Å²) in [7, 11) is 0. The summed E-state index contributed by atoms with van der Waals surface area (Å²) in [4.78, 5) is 23.9. The number of hydrogen-bond donors (Lipinski definition) is 3. The van der Waals surface area contributed by atoms with Crippen LogP contribution in [0.25, 0.3) is 6.08 Å². The van der Waals surface area contributed by atoms with Gasteiger partial charge in [-0.2, -0.15) is 0 Å². The minimum Gasteiger partial charge on any atom is -0.483 e. The summed E-state index contributed by atoms with van der Waals surface area (Å²) in [6.07, 6.45) is 2.87. The highest BCUT2D eigenvalue weighted by Gasteiger charge is 2.11. The van der Waals surface area contributed by atoms with Crippen molar-refractivity contribution in [3.63, 3.8) is 0 Å². The van der Waals surface area contributed by atoms with E-state index in [-0.39, 0.29) is 17.6 Å². The molecule has 2 amide bonds. The molecule has 0 aliphatic rings. The van der Waals surface area contributed by atoms with Crippen molar-refractivity contribution < 1.29 is 14.3 Å². The number of hydrogen-bond acceptors (Lipinski definition) is 4. The molecule has 0 aliphatic carbocycles. The second-order valence-corrected chi connectivity index (χ2v) is 7.65. The Balaban J connectivity index is 1.78. The Labute approximate surface area is 186 Å². The van der Waals surface area contributed by atoms with E-state index in [9.17, 15) is 9.59 Å². The van der Waals surface area contributed by atoms with E-state index in [0.717, 1.165) is 11.1 Å². The van der Waals surface area contributed by atoms with Gasteiger partial charge in [0.05, 0.1) is 0 Å². The van der Waals surface area contributed by atoms with Crippen LogP contribution < -0.4 is 20.9 Å². The van der Waals surface area contributed by atoms with E-state index >= 15 is 0 Å². The molecule has 2 aromatic rings. The molecule has 0 bridgehead atoms. The summed E-state index contributed by atoms with van der Waals surface area (Å²) >= 11 is 11.0. The van der Waals surface area contributed by atoms with E-state index in [0.29, 0.717) is 16.3 Å². The van der Waals surface area contributed by atoms with Crippen LogP contribution in [0.15, 0.2) is 48.5 Å². The number of rotatable bonds is 6. The molecule has 0 aliphatic heterocycles. The lowest BCUT2D eigenvalue weighted by atomic mass is 10.0. The van der Waals surface area contributed by atoms with E-state index < -0.39 is 11.8 Å². The monoisotopic (exact) mass is 445 g/mol. The van der Waals surface area contributed by atoms with Crippen LogP contribution in [0.3, 0.4) is 0 Å². The first-order chi connectivity index (χ1) is 14.3. The molecule has 30 heavy (non-hydrogen) atoms. The lowest BCUT2D eigenvalue weighted by Crippen LogP contribution is -2.49. The molecule has 0 heterocycles. The summed E-state index contributed by atoms with van der Waals surface area (Å²) in [5, 5.41) is 2.91. The van der Waals surface area contributed by atoms with Crippen LogP contribution in [-0.4, -0.2) is 23.5 Å². The molecule has 2 aromatic carbocycles. The number of carbonyl (C=O) groups excluding carboxylic acids is 2. The molecule has 0 saturated carbocycles. The maximum Gasteiger partial charge on any atom is 0.276 e. The van der Waals surface area contributed by atoms with Gasteiger partial charge >= 0.3 is 0 Å². The second-order valence-electron chi connectivity index (χ2n) is 6.83. The number of aryl methyl sites for hydroxylation is 1. The van der Waals surface area contributed by atoms with Crippen LogP contribution in [0.2, 0.25) is 5.02 Å². The minimum atomic E-state index is -0.459. The highest BCUT2D eigenvalue weighted by atomic mass is 35.5. The van der Waals surface area contributed by atoms with Gasteiger partial charge in [0.1, 0.15) is 5.75 Å². The highest BCUT2D eigenvalue weighted by molar-refractivity contribution is 7.80. The van der Waals surface area contributed by atoms with Crippen LogP contribution in [0.4, 0.5) is 0 Å². The molecule has 158 valence electrons. The largest absolute Gasteiger partial charge is 0.483 e. The zero-order chi connectivity index (χ0) is 22.1. The number of halogens is 1. The first-order valence-corrected chi connectivity index (χ1v) is 10.1. The van der Waals surface area contributed by atoms with E-state index in [1.165, 1.54) is 6.08 Å². The number of hydrazine groups is 1. The van der Waals surface area contributed by atoms with Crippen molar-refractivity contribution in [1.82, 2.24) is 16.2 Å².